The third-order valence-corrected chi connectivity index (χ3v) is 3.96. The Kier molecular flexibility index (Phi) is 4.32. The van der Waals surface area contributed by atoms with Crippen LogP contribution in [0.3, 0.4) is 0 Å². The molecule has 0 fully saturated rings. The van der Waals surface area contributed by atoms with Gasteiger partial charge in [0, 0.05) is 22.2 Å². The molecule has 21 heavy (non-hydrogen) atoms. The van der Waals surface area contributed by atoms with Crippen LogP contribution < -0.4 is 10.1 Å². The molecule has 0 radical (unpaired) electrons. The van der Waals surface area contributed by atoms with Crippen molar-refractivity contribution in [2.24, 2.45) is 4.99 Å². The van der Waals surface area contributed by atoms with Crippen LogP contribution in [0.5, 0.6) is 5.75 Å². The first-order valence-corrected chi connectivity index (χ1v) is 7.45. The summed E-state index contributed by atoms with van der Waals surface area (Å²) in [7, 11) is 0. The molecule has 0 bridgehead atoms. The molecule has 3 rings (SSSR count). The molecule has 3 nitrogen and oxygen atoms in total. The molecule has 0 aromatic heterocycles. The van der Waals surface area contributed by atoms with Crippen LogP contribution in [-0.2, 0) is 6.61 Å². The molecule has 1 aliphatic rings. The Morgan fingerprint density at radius 3 is 2.52 bits per heavy atom. The molecule has 5 heteroatoms. The third-order valence-electron chi connectivity index (χ3n) is 3.25. The number of nitrogens with zero attached hydrogens (tertiary/aromatic N) is 1. The summed E-state index contributed by atoms with van der Waals surface area (Å²) in [6.07, 6.45) is 0. The molecule has 0 aliphatic carbocycles. The zero-order valence-corrected chi connectivity index (χ0v) is 12.8. The first kappa shape index (κ1) is 14.2. The first-order chi connectivity index (χ1) is 10.3. The van der Waals surface area contributed by atoms with Crippen molar-refractivity contribution in [2.45, 2.75) is 6.61 Å². The van der Waals surface area contributed by atoms with E-state index >= 15 is 0 Å². The quantitative estimate of drug-likeness (QED) is 0.926. The number of para-hydroxylation sites is 1. The smallest absolute Gasteiger partial charge is 0.132 e. The van der Waals surface area contributed by atoms with Crippen molar-refractivity contribution in [2.75, 3.05) is 13.1 Å². The highest BCUT2D eigenvalue weighted by atomic mass is 35.5. The van der Waals surface area contributed by atoms with Crippen molar-refractivity contribution in [3.05, 3.63) is 63.6 Å². The van der Waals surface area contributed by atoms with Gasteiger partial charge in [-0.15, -0.1) is 0 Å². The fraction of sp³-hybridized carbons (Fsp3) is 0.188. The standard InChI is InChI=1S/C16H14Cl2N2O/c17-13-5-3-6-14(18)12(13)10-21-15-7-2-1-4-11(15)16-19-8-9-20-16/h1-7H,8-10H2,(H,19,20). The van der Waals surface area contributed by atoms with Gasteiger partial charge in [0.05, 0.1) is 12.1 Å². The molecule has 108 valence electrons. The van der Waals surface area contributed by atoms with Gasteiger partial charge in [-0.05, 0) is 24.3 Å². The van der Waals surface area contributed by atoms with Crippen LogP contribution in [0, 0.1) is 0 Å². The van der Waals surface area contributed by atoms with Gasteiger partial charge in [0.25, 0.3) is 0 Å². The number of amidine groups is 1. The lowest BCUT2D eigenvalue weighted by molar-refractivity contribution is 0.306. The maximum Gasteiger partial charge on any atom is 0.132 e. The summed E-state index contributed by atoms with van der Waals surface area (Å²) >= 11 is 12.3. The van der Waals surface area contributed by atoms with E-state index < -0.39 is 0 Å². The van der Waals surface area contributed by atoms with Crippen molar-refractivity contribution >= 4 is 29.0 Å². The first-order valence-electron chi connectivity index (χ1n) is 6.69. The van der Waals surface area contributed by atoms with Crippen LogP contribution >= 0.6 is 23.2 Å². The number of ether oxygens (including phenoxy) is 1. The molecule has 1 aliphatic heterocycles. The average molecular weight is 321 g/mol. The fourth-order valence-electron chi connectivity index (χ4n) is 2.19. The maximum atomic E-state index is 6.16. The fourth-order valence-corrected chi connectivity index (χ4v) is 2.69. The average Bonchev–Trinajstić information content (AvgIpc) is 3.01. The lowest BCUT2D eigenvalue weighted by Gasteiger charge is -2.13. The Morgan fingerprint density at radius 2 is 1.81 bits per heavy atom. The third kappa shape index (κ3) is 3.14. The van der Waals surface area contributed by atoms with E-state index in [4.69, 9.17) is 27.9 Å². The monoisotopic (exact) mass is 320 g/mol. The van der Waals surface area contributed by atoms with Crippen molar-refractivity contribution in [1.82, 2.24) is 5.32 Å². The molecule has 0 saturated heterocycles. The van der Waals surface area contributed by atoms with Crippen molar-refractivity contribution in [1.29, 1.82) is 0 Å². The molecule has 0 spiro atoms. The van der Waals surface area contributed by atoms with Gasteiger partial charge >= 0.3 is 0 Å². The summed E-state index contributed by atoms with van der Waals surface area (Å²) in [5.41, 5.74) is 1.75. The zero-order chi connectivity index (χ0) is 14.7. The summed E-state index contributed by atoms with van der Waals surface area (Å²) in [5.74, 6) is 1.64. The summed E-state index contributed by atoms with van der Waals surface area (Å²) < 4.78 is 5.91. The summed E-state index contributed by atoms with van der Waals surface area (Å²) in [5, 5.41) is 4.47. The second-order valence-electron chi connectivity index (χ2n) is 4.64. The molecule has 0 atom stereocenters. The lowest BCUT2D eigenvalue weighted by atomic mass is 10.2. The SMILES string of the molecule is Clc1cccc(Cl)c1COc1ccccc1C1=NCCN1. The van der Waals surface area contributed by atoms with E-state index in [1.165, 1.54) is 0 Å². The van der Waals surface area contributed by atoms with Gasteiger partial charge in [-0.1, -0.05) is 41.4 Å². The van der Waals surface area contributed by atoms with E-state index in [2.05, 4.69) is 10.3 Å². The number of benzene rings is 2. The Morgan fingerprint density at radius 1 is 1.05 bits per heavy atom. The van der Waals surface area contributed by atoms with Gasteiger partial charge in [0.15, 0.2) is 0 Å². The molecule has 0 unspecified atom stereocenters. The number of aliphatic imine (C=N–C) groups is 1. The van der Waals surface area contributed by atoms with E-state index in [1.807, 2.05) is 30.3 Å². The molecule has 0 amide bonds. The van der Waals surface area contributed by atoms with Crippen molar-refractivity contribution in [3.63, 3.8) is 0 Å². The number of hydrogen-bond donors (Lipinski definition) is 1. The Bertz CT molecular complexity index is 665. The van der Waals surface area contributed by atoms with Crippen LogP contribution in [0.25, 0.3) is 0 Å². The maximum absolute atomic E-state index is 6.16. The van der Waals surface area contributed by atoms with Crippen LogP contribution in [0.15, 0.2) is 47.5 Å². The van der Waals surface area contributed by atoms with E-state index in [-0.39, 0.29) is 0 Å². The summed E-state index contributed by atoms with van der Waals surface area (Å²) in [6.45, 7) is 1.98. The highest BCUT2D eigenvalue weighted by Crippen LogP contribution is 2.27. The Labute approximate surface area is 133 Å². The highest BCUT2D eigenvalue weighted by Gasteiger charge is 2.14. The van der Waals surface area contributed by atoms with E-state index in [9.17, 15) is 0 Å². The second kappa shape index (κ2) is 6.37. The van der Waals surface area contributed by atoms with Crippen LogP contribution in [0.1, 0.15) is 11.1 Å². The Hall–Kier alpha value is -1.71. The molecule has 0 saturated carbocycles. The molecule has 2 aromatic carbocycles. The Balaban J connectivity index is 1.83. The lowest BCUT2D eigenvalue weighted by Crippen LogP contribution is -2.20. The number of halogens is 2. The van der Waals surface area contributed by atoms with Gasteiger partial charge in [-0.3, -0.25) is 4.99 Å². The highest BCUT2D eigenvalue weighted by molar-refractivity contribution is 6.35. The van der Waals surface area contributed by atoms with Crippen molar-refractivity contribution < 1.29 is 4.74 Å². The van der Waals surface area contributed by atoms with E-state index in [0.29, 0.717) is 16.7 Å². The van der Waals surface area contributed by atoms with Crippen LogP contribution in [0.4, 0.5) is 0 Å². The topological polar surface area (TPSA) is 33.6 Å². The summed E-state index contributed by atoms with van der Waals surface area (Å²) in [6, 6.07) is 13.2. The minimum Gasteiger partial charge on any atom is -0.488 e. The molecular formula is C16H14Cl2N2O. The number of hydrogen-bond acceptors (Lipinski definition) is 3. The zero-order valence-electron chi connectivity index (χ0n) is 11.3. The largest absolute Gasteiger partial charge is 0.488 e. The minimum absolute atomic E-state index is 0.322. The molecule has 1 N–H and O–H groups in total. The van der Waals surface area contributed by atoms with Crippen LogP contribution in [0.2, 0.25) is 10.0 Å². The molecule has 1 heterocycles. The second-order valence-corrected chi connectivity index (χ2v) is 5.46. The van der Waals surface area contributed by atoms with Gasteiger partial charge < -0.3 is 10.1 Å². The van der Waals surface area contributed by atoms with Gasteiger partial charge in [-0.25, -0.2) is 0 Å². The molecular weight excluding hydrogens is 307 g/mol. The van der Waals surface area contributed by atoms with Crippen LogP contribution in [-0.4, -0.2) is 18.9 Å². The number of rotatable bonds is 4. The van der Waals surface area contributed by atoms with Gasteiger partial charge in [0.2, 0.25) is 0 Å². The van der Waals surface area contributed by atoms with Gasteiger partial charge in [-0.2, -0.15) is 0 Å². The minimum atomic E-state index is 0.322. The van der Waals surface area contributed by atoms with E-state index in [1.54, 1.807) is 12.1 Å². The predicted octanol–water partition coefficient (Wildman–Crippen LogP) is 3.92. The normalized spacial score (nSPS) is 13.7. The van der Waals surface area contributed by atoms with Gasteiger partial charge in [0.1, 0.15) is 18.2 Å². The van der Waals surface area contributed by atoms with E-state index in [0.717, 1.165) is 35.8 Å². The number of nitrogens with one attached hydrogen (secondary N) is 1. The van der Waals surface area contributed by atoms with Crippen molar-refractivity contribution in [3.8, 4) is 5.75 Å². The summed E-state index contributed by atoms with van der Waals surface area (Å²) in [4.78, 5) is 4.43. The predicted molar refractivity (Wildman–Crippen MR) is 86.6 cm³/mol. The molecule has 2 aromatic rings.